The number of benzene rings is 1. The number of anilines is 1. The van der Waals surface area contributed by atoms with E-state index < -0.39 is 15.5 Å². The molecule has 0 radical (unpaired) electrons. The van der Waals surface area contributed by atoms with Crippen LogP contribution in [-0.2, 0) is 6.42 Å². The maximum atomic E-state index is 12.3. The van der Waals surface area contributed by atoms with E-state index in [2.05, 4.69) is 10.5 Å². The Morgan fingerprint density at radius 1 is 1.21 bits per heavy atom. The second kappa shape index (κ2) is 7.70. The van der Waals surface area contributed by atoms with Crippen LogP contribution in [0.1, 0.15) is 40.3 Å². The van der Waals surface area contributed by atoms with Gasteiger partial charge in [-0.05, 0) is 25.8 Å². The number of amides is 1. The average Bonchev–Trinajstić information content (AvgIpc) is 3.02. The molecule has 0 saturated heterocycles. The lowest BCUT2D eigenvalue weighted by Gasteiger charge is -2.14. The normalized spacial score (nSPS) is 14.4. The Hall–Kier alpha value is -3.76. The highest BCUT2D eigenvalue weighted by atomic mass is 16.6. The third kappa shape index (κ3) is 3.79. The van der Waals surface area contributed by atoms with Gasteiger partial charge in [0.15, 0.2) is 5.76 Å². The molecule has 1 N–H and O–H groups in total. The number of fused-ring (bicyclic) bond motifs is 1. The molecule has 1 heterocycles. The lowest BCUT2D eigenvalue weighted by Crippen LogP contribution is -2.22. The number of rotatable bonds is 5. The molecule has 1 aromatic carbocycles. The highest BCUT2D eigenvalue weighted by Gasteiger charge is 2.29. The number of carbonyl (C=O) groups excluding carboxylic acids is 1. The van der Waals surface area contributed by atoms with Crippen molar-refractivity contribution in [2.45, 2.75) is 26.2 Å². The van der Waals surface area contributed by atoms with Crippen molar-refractivity contribution in [2.75, 3.05) is 19.5 Å². The van der Waals surface area contributed by atoms with E-state index in [1.54, 1.807) is 21.0 Å². The molecule has 152 valence electrons. The van der Waals surface area contributed by atoms with Gasteiger partial charge in [-0.3, -0.25) is 30.4 Å². The minimum atomic E-state index is -0.710. The first-order valence-corrected chi connectivity index (χ1v) is 8.80. The first kappa shape index (κ1) is 20.0. The van der Waals surface area contributed by atoms with Crippen molar-refractivity contribution in [3.05, 3.63) is 61.1 Å². The van der Waals surface area contributed by atoms with Crippen LogP contribution in [-0.4, -0.2) is 40.5 Å². The zero-order chi connectivity index (χ0) is 21.3. The van der Waals surface area contributed by atoms with Crippen molar-refractivity contribution in [3.8, 4) is 0 Å². The Kier molecular flexibility index (Phi) is 5.31. The summed E-state index contributed by atoms with van der Waals surface area (Å²) in [5, 5.41) is 26.4. The topological polar surface area (TPSA) is 144 Å². The fraction of sp³-hybridized carbons (Fsp3) is 0.333. The molecule has 2 aromatic rings. The number of nitro groups is 2. The number of nitrogens with zero attached hydrogens (tertiary/aromatic N) is 4. The molecule has 0 atom stereocenters. The molecule has 0 fully saturated rings. The third-order valence-electron chi connectivity index (χ3n) is 4.63. The monoisotopic (exact) mass is 401 g/mol. The van der Waals surface area contributed by atoms with Crippen LogP contribution in [0.2, 0.25) is 0 Å². The number of hydrogen-bond donors (Lipinski definition) is 1. The zero-order valence-corrected chi connectivity index (χ0v) is 16.1. The Balaban J connectivity index is 1.97. The van der Waals surface area contributed by atoms with Gasteiger partial charge in [-0.1, -0.05) is 0 Å². The molecule has 0 aliphatic heterocycles. The molecule has 0 bridgehead atoms. The maximum absolute atomic E-state index is 12.3. The first-order chi connectivity index (χ1) is 13.7. The second-order valence-electron chi connectivity index (χ2n) is 6.79. The molecule has 0 saturated carbocycles. The summed E-state index contributed by atoms with van der Waals surface area (Å²) in [6, 6.07) is 3.29. The summed E-state index contributed by atoms with van der Waals surface area (Å²) in [5.74, 6) is 0.642. The van der Waals surface area contributed by atoms with Gasteiger partial charge in [0.05, 0.1) is 21.6 Å². The SMILES string of the molecule is Cc1c(C(=O)N(C)C)oc2c1/C(=N/Nc1ccc([N+](=O)[O-])cc1[N+](=O)[O-])CCC2. The predicted octanol–water partition coefficient (Wildman–Crippen LogP) is 3.26. The van der Waals surface area contributed by atoms with Crippen molar-refractivity contribution in [3.63, 3.8) is 0 Å². The van der Waals surface area contributed by atoms with E-state index in [0.29, 0.717) is 29.9 Å². The number of nitrogens with one attached hydrogen (secondary N) is 1. The van der Waals surface area contributed by atoms with Crippen molar-refractivity contribution < 1.29 is 19.1 Å². The van der Waals surface area contributed by atoms with Gasteiger partial charge in [-0.15, -0.1) is 0 Å². The van der Waals surface area contributed by atoms with E-state index in [9.17, 15) is 25.0 Å². The predicted molar refractivity (Wildman–Crippen MR) is 104 cm³/mol. The van der Waals surface area contributed by atoms with Crippen LogP contribution in [0.5, 0.6) is 0 Å². The second-order valence-corrected chi connectivity index (χ2v) is 6.79. The van der Waals surface area contributed by atoms with Crippen molar-refractivity contribution in [2.24, 2.45) is 5.10 Å². The minimum Gasteiger partial charge on any atom is -0.455 e. The van der Waals surface area contributed by atoms with Crippen LogP contribution < -0.4 is 5.43 Å². The van der Waals surface area contributed by atoms with Gasteiger partial charge < -0.3 is 9.32 Å². The lowest BCUT2D eigenvalue weighted by molar-refractivity contribution is -0.393. The van der Waals surface area contributed by atoms with Crippen LogP contribution >= 0.6 is 0 Å². The Morgan fingerprint density at radius 2 is 1.93 bits per heavy atom. The molecule has 1 aromatic heterocycles. The molecule has 1 aliphatic rings. The van der Waals surface area contributed by atoms with E-state index in [4.69, 9.17) is 4.42 Å². The van der Waals surface area contributed by atoms with Crippen LogP contribution in [0.3, 0.4) is 0 Å². The van der Waals surface area contributed by atoms with E-state index >= 15 is 0 Å². The Labute approximate surface area is 165 Å². The average molecular weight is 401 g/mol. The van der Waals surface area contributed by atoms with Gasteiger partial charge in [0.2, 0.25) is 0 Å². The van der Waals surface area contributed by atoms with E-state index in [0.717, 1.165) is 18.1 Å². The number of hydrazone groups is 1. The standard InChI is InChI=1S/C18H19N5O6/c1-10-16-13(5-4-6-15(16)29-17(10)18(24)21(2)3)20-19-12-8-7-11(22(25)26)9-14(12)23(27)28/h7-9,19H,4-6H2,1-3H3/b20-13+. The molecular formula is C18H19N5O6. The van der Waals surface area contributed by atoms with Gasteiger partial charge in [0.1, 0.15) is 11.4 Å². The fourth-order valence-electron chi connectivity index (χ4n) is 3.19. The van der Waals surface area contributed by atoms with Gasteiger partial charge in [0.25, 0.3) is 11.6 Å². The van der Waals surface area contributed by atoms with Crippen molar-refractivity contribution >= 4 is 28.7 Å². The van der Waals surface area contributed by atoms with E-state index in [1.807, 2.05) is 0 Å². The van der Waals surface area contributed by atoms with Gasteiger partial charge in [-0.2, -0.15) is 5.10 Å². The molecule has 29 heavy (non-hydrogen) atoms. The lowest BCUT2D eigenvalue weighted by atomic mass is 9.93. The summed E-state index contributed by atoms with van der Waals surface area (Å²) >= 11 is 0. The van der Waals surface area contributed by atoms with Crippen LogP contribution in [0.25, 0.3) is 0 Å². The van der Waals surface area contributed by atoms with Crippen LogP contribution in [0.4, 0.5) is 17.1 Å². The summed E-state index contributed by atoms with van der Waals surface area (Å²) in [7, 11) is 3.27. The summed E-state index contributed by atoms with van der Waals surface area (Å²) in [6.07, 6.45) is 2.00. The van der Waals surface area contributed by atoms with Crippen molar-refractivity contribution in [1.29, 1.82) is 0 Å². The third-order valence-corrected chi connectivity index (χ3v) is 4.63. The molecule has 0 unspecified atom stereocenters. The zero-order valence-electron chi connectivity index (χ0n) is 16.1. The summed E-state index contributed by atoms with van der Waals surface area (Å²) < 4.78 is 5.76. The Morgan fingerprint density at radius 3 is 2.55 bits per heavy atom. The fourth-order valence-corrected chi connectivity index (χ4v) is 3.19. The molecular weight excluding hydrogens is 382 g/mol. The molecule has 1 aliphatic carbocycles. The summed E-state index contributed by atoms with van der Waals surface area (Å²) in [5.41, 5.74) is 3.84. The quantitative estimate of drug-likeness (QED) is 0.598. The number of furan rings is 1. The number of non-ortho nitro benzene ring substituents is 1. The minimum absolute atomic E-state index is 0.0333. The number of nitro benzene ring substituents is 2. The smallest absolute Gasteiger partial charge is 0.301 e. The maximum Gasteiger partial charge on any atom is 0.301 e. The highest BCUT2D eigenvalue weighted by molar-refractivity contribution is 6.06. The molecule has 11 nitrogen and oxygen atoms in total. The van der Waals surface area contributed by atoms with Crippen LogP contribution in [0, 0.1) is 27.2 Å². The van der Waals surface area contributed by atoms with E-state index in [-0.39, 0.29) is 23.0 Å². The number of hydrogen-bond acceptors (Lipinski definition) is 8. The summed E-state index contributed by atoms with van der Waals surface area (Å²) in [6.45, 7) is 1.77. The summed E-state index contributed by atoms with van der Waals surface area (Å²) in [4.78, 5) is 34.5. The molecule has 0 spiro atoms. The van der Waals surface area contributed by atoms with Crippen molar-refractivity contribution in [1.82, 2.24) is 4.90 Å². The largest absolute Gasteiger partial charge is 0.455 e. The highest BCUT2D eigenvalue weighted by Crippen LogP contribution is 2.32. The number of carbonyl (C=O) groups is 1. The van der Waals surface area contributed by atoms with E-state index in [1.165, 1.54) is 17.0 Å². The first-order valence-electron chi connectivity index (χ1n) is 8.80. The van der Waals surface area contributed by atoms with Gasteiger partial charge in [0, 0.05) is 37.7 Å². The molecule has 3 rings (SSSR count). The van der Waals surface area contributed by atoms with Gasteiger partial charge >= 0.3 is 5.69 Å². The molecule has 1 amide bonds. The molecule has 11 heteroatoms. The van der Waals surface area contributed by atoms with Crippen LogP contribution in [0.15, 0.2) is 27.7 Å². The number of aryl methyl sites for hydroxylation is 1. The Bertz CT molecular complexity index is 1040. The van der Waals surface area contributed by atoms with Gasteiger partial charge in [-0.25, -0.2) is 0 Å².